The summed E-state index contributed by atoms with van der Waals surface area (Å²) < 4.78 is 6.02. The number of nitrogen functional groups attached to an aromatic ring is 1. The van der Waals surface area contributed by atoms with Gasteiger partial charge in [-0.3, -0.25) is 0 Å². The SMILES string of the molecule is COc1nc(N)nc(N(C)Cc2ccc(Br)cc2)n1. The maximum atomic E-state index is 5.61. The normalized spacial score (nSPS) is 10.3. The van der Waals surface area contributed by atoms with Gasteiger partial charge in [0.15, 0.2) is 0 Å². The standard InChI is InChI=1S/C12H14BrN5O/c1-18(7-8-3-5-9(13)6-4-8)11-15-10(14)16-12(17-11)19-2/h3-6H,7H2,1-2H3,(H2,14,15,16,17). The Labute approximate surface area is 119 Å². The van der Waals surface area contributed by atoms with Crippen molar-refractivity contribution in [2.45, 2.75) is 6.54 Å². The van der Waals surface area contributed by atoms with Gasteiger partial charge in [0.1, 0.15) is 0 Å². The first kappa shape index (κ1) is 13.5. The molecule has 6 nitrogen and oxygen atoms in total. The molecule has 0 bridgehead atoms. The first-order valence-electron chi connectivity index (χ1n) is 5.59. The molecule has 1 aromatic heterocycles. The summed E-state index contributed by atoms with van der Waals surface area (Å²) in [5, 5.41) is 0. The first-order chi connectivity index (χ1) is 9.08. The van der Waals surface area contributed by atoms with E-state index in [1.165, 1.54) is 7.11 Å². The zero-order chi connectivity index (χ0) is 13.8. The zero-order valence-electron chi connectivity index (χ0n) is 10.7. The lowest BCUT2D eigenvalue weighted by Gasteiger charge is -2.17. The Morgan fingerprint density at radius 2 is 1.89 bits per heavy atom. The maximum Gasteiger partial charge on any atom is 0.322 e. The van der Waals surface area contributed by atoms with Gasteiger partial charge in [0.25, 0.3) is 0 Å². The Morgan fingerprint density at radius 1 is 1.21 bits per heavy atom. The van der Waals surface area contributed by atoms with Crippen molar-refractivity contribution in [3.05, 3.63) is 34.3 Å². The van der Waals surface area contributed by atoms with Crippen LogP contribution in [0.3, 0.4) is 0 Å². The average molecular weight is 324 g/mol. The second-order valence-corrected chi connectivity index (χ2v) is 4.88. The van der Waals surface area contributed by atoms with E-state index < -0.39 is 0 Å². The highest BCUT2D eigenvalue weighted by Gasteiger charge is 2.09. The third-order valence-corrected chi connectivity index (χ3v) is 3.01. The minimum Gasteiger partial charge on any atom is -0.467 e. The molecule has 19 heavy (non-hydrogen) atoms. The second-order valence-electron chi connectivity index (χ2n) is 3.96. The average Bonchev–Trinajstić information content (AvgIpc) is 2.40. The fourth-order valence-electron chi connectivity index (χ4n) is 1.56. The van der Waals surface area contributed by atoms with Gasteiger partial charge in [-0.1, -0.05) is 28.1 Å². The fourth-order valence-corrected chi connectivity index (χ4v) is 1.82. The summed E-state index contributed by atoms with van der Waals surface area (Å²) in [4.78, 5) is 14.0. The third-order valence-electron chi connectivity index (χ3n) is 2.48. The Bertz CT molecular complexity index is 561. The van der Waals surface area contributed by atoms with E-state index in [4.69, 9.17) is 10.5 Å². The monoisotopic (exact) mass is 323 g/mol. The molecule has 2 aromatic rings. The fraction of sp³-hybridized carbons (Fsp3) is 0.250. The molecule has 0 saturated heterocycles. The van der Waals surface area contributed by atoms with E-state index in [9.17, 15) is 0 Å². The summed E-state index contributed by atoms with van der Waals surface area (Å²) in [6.45, 7) is 0.667. The Balaban J connectivity index is 2.17. The molecule has 0 aliphatic heterocycles. The number of hydrogen-bond donors (Lipinski definition) is 1. The molecule has 0 unspecified atom stereocenters. The molecule has 1 aromatic carbocycles. The molecule has 0 atom stereocenters. The van der Waals surface area contributed by atoms with Crippen molar-refractivity contribution in [2.75, 3.05) is 24.8 Å². The lowest BCUT2D eigenvalue weighted by atomic mass is 10.2. The lowest BCUT2D eigenvalue weighted by molar-refractivity contribution is 0.379. The van der Waals surface area contributed by atoms with Crippen LogP contribution in [0.1, 0.15) is 5.56 Å². The van der Waals surface area contributed by atoms with Crippen molar-refractivity contribution in [3.8, 4) is 6.01 Å². The molecule has 1 heterocycles. The van der Waals surface area contributed by atoms with Gasteiger partial charge in [-0.2, -0.15) is 15.0 Å². The van der Waals surface area contributed by atoms with Gasteiger partial charge in [0.05, 0.1) is 7.11 Å². The van der Waals surface area contributed by atoms with Crippen LogP contribution in [0.5, 0.6) is 6.01 Å². The van der Waals surface area contributed by atoms with E-state index in [0.717, 1.165) is 10.0 Å². The van der Waals surface area contributed by atoms with Gasteiger partial charge >= 0.3 is 6.01 Å². The maximum absolute atomic E-state index is 5.61. The van der Waals surface area contributed by atoms with Crippen LogP contribution < -0.4 is 15.4 Å². The number of halogens is 1. The Morgan fingerprint density at radius 3 is 2.53 bits per heavy atom. The van der Waals surface area contributed by atoms with Crippen molar-refractivity contribution < 1.29 is 4.74 Å². The van der Waals surface area contributed by atoms with Gasteiger partial charge in [-0.15, -0.1) is 0 Å². The van der Waals surface area contributed by atoms with Crippen LogP contribution in [0.15, 0.2) is 28.7 Å². The summed E-state index contributed by atoms with van der Waals surface area (Å²) >= 11 is 3.41. The number of nitrogens with two attached hydrogens (primary N) is 1. The van der Waals surface area contributed by atoms with Gasteiger partial charge in [0, 0.05) is 18.1 Å². The molecule has 0 spiro atoms. The van der Waals surface area contributed by atoms with Gasteiger partial charge in [-0.25, -0.2) is 0 Å². The minimum atomic E-state index is 0.143. The van der Waals surface area contributed by atoms with E-state index in [1.54, 1.807) is 0 Å². The quantitative estimate of drug-likeness (QED) is 0.925. The van der Waals surface area contributed by atoms with Crippen LogP contribution >= 0.6 is 15.9 Å². The summed E-state index contributed by atoms with van der Waals surface area (Å²) in [6.07, 6.45) is 0. The van der Waals surface area contributed by atoms with Crippen molar-refractivity contribution >= 4 is 27.8 Å². The number of benzene rings is 1. The van der Waals surface area contributed by atoms with Crippen LogP contribution in [0.2, 0.25) is 0 Å². The highest BCUT2D eigenvalue weighted by Crippen LogP contribution is 2.16. The number of anilines is 2. The lowest BCUT2D eigenvalue weighted by Crippen LogP contribution is -2.20. The summed E-state index contributed by atoms with van der Waals surface area (Å²) in [7, 11) is 3.38. The molecule has 0 fully saturated rings. The van der Waals surface area contributed by atoms with Crippen LogP contribution in [-0.4, -0.2) is 29.1 Å². The van der Waals surface area contributed by atoms with Crippen molar-refractivity contribution in [3.63, 3.8) is 0 Å². The molecule has 0 aliphatic rings. The van der Waals surface area contributed by atoms with E-state index in [0.29, 0.717) is 12.5 Å². The summed E-state index contributed by atoms with van der Waals surface area (Å²) in [6, 6.07) is 8.26. The van der Waals surface area contributed by atoms with E-state index in [2.05, 4.69) is 30.9 Å². The number of aromatic nitrogens is 3. The molecule has 0 amide bonds. The number of nitrogens with zero attached hydrogens (tertiary/aromatic N) is 4. The van der Waals surface area contributed by atoms with Crippen LogP contribution in [-0.2, 0) is 6.54 Å². The van der Waals surface area contributed by atoms with E-state index in [-0.39, 0.29) is 12.0 Å². The molecule has 2 N–H and O–H groups in total. The van der Waals surface area contributed by atoms with E-state index in [1.807, 2.05) is 36.2 Å². The van der Waals surface area contributed by atoms with Crippen LogP contribution in [0.25, 0.3) is 0 Å². The topological polar surface area (TPSA) is 77.2 Å². The molecule has 2 rings (SSSR count). The van der Waals surface area contributed by atoms with Gasteiger partial charge in [0.2, 0.25) is 11.9 Å². The largest absolute Gasteiger partial charge is 0.467 e. The predicted molar refractivity (Wildman–Crippen MR) is 77.0 cm³/mol. The number of methoxy groups -OCH3 is 1. The highest BCUT2D eigenvalue weighted by molar-refractivity contribution is 9.10. The predicted octanol–water partition coefficient (Wildman–Crippen LogP) is 1.86. The third kappa shape index (κ3) is 3.54. The van der Waals surface area contributed by atoms with Crippen molar-refractivity contribution in [2.24, 2.45) is 0 Å². The first-order valence-corrected chi connectivity index (χ1v) is 6.39. The Kier molecular flexibility index (Phi) is 4.16. The summed E-state index contributed by atoms with van der Waals surface area (Å²) in [5.41, 5.74) is 6.75. The zero-order valence-corrected chi connectivity index (χ0v) is 12.3. The number of hydrogen-bond acceptors (Lipinski definition) is 6. The minimum absolute atomic E-state index is 0.143. The smallest absolute Gasteiger partial charge is 0.322 e. The van der Waals surface area contributed by atoms with Gasteiger partial charge in [-0.05, 0) is 17.7 Å². The number of ether oxygens (including phenoxy) is 1. The van der Waals surface area contributed by atoms with E-state index >= 15 is 0 Å². The molecule has 0 saturated carbocycles. The highest BCUT2D eigenvalue weighted by atomic mass is 79.9. The molecular formula is C12H14BrN5O. The second kappa shape index (κ2) is 5.83. The van der Waals surface area contributed by atoms with Crippen LogP contribution in [0.4, 0.5) is 11.9 Å². The number of rotatable bonds is 4. The van der Waals surface area contributed by atoms with Gasteiger partial charge < -0.3 is 15.4 Å². The summed E-state index contributed by atoms with van der Waals surface area (Å²) in [5.74, 6) is 0.622. The molecule has 0 aliphatic carbocycles. The van der Waals surface area contributed by atoms with Crippen molar-refractivity contribution in [1.29, 1.82) is 0 Å². The Hall–Kier alpha value is -1.89. The van der Waals surface area contributed by atoms with Crippen molar-refractivity contribution in [1.82, 2.24) is 15.0 Å². The molecule has 100 valence electrons. The molecule has 0 radical (unpaired) electrons. The molecule has 7 heteroatoms. The van der Waals surface area contributed by atoms with Crippen LogP contribution in [0, 0.1) is 0 Å². The molecular weight excluding hydrogens is 310 g/mol.